The lowest BCUT2D eigenvalue weighted by atomic mass is 10.1. The topological polar surface area (TPSA) is 57.6 Å². The van der Waals surface area contributed by atoms with E-state index in [0.29, 0.717) is 18.7 Å². The molecule has 102 valence electrons. The first-order chi connectivity index (χ1) is 8.92. The summed E-state index contributed by atoms with van der Waals surface area (Å²) in [6.45, 7) is 5.63. The maximum Gasteiger partial charge on any atom is 0.336 e. The standard InChI is InChI=1S/C13H13F2NO3/c1-3-5-16(4-2)12(17)8-6-10(14)11(15)7-9(8)13(18)19/h3,6-7H,1,4-5H2,2H3,(H,18,19). The zero-order valence-electron chi connectivity index (χ0n) is 10.3. The lowest BCUT2D eigenvalue weighted by molar-refractivity contribution is 0.0678. The predicted octanol–water partition coefficient (Wildman–Crippen LogP) is 2.31. The normalized spacial score (nSPS) is 10.1. The molecule has 4 nitrogen and oxygen atoms in total. The van der Waals surface area contributed by atoms with Gasteiger partial charge in [-0.25, -0.2) is 13.6 Å². The van der Waals surface area contributed by atoms with Gasteiger partial charge in [-0.1, -0.05) is 6.08 Å². The Hall–Kier alpha value is -2.24. The van der Waals surface area contributed by atoms with E-state index in [2.05, 4.69) is 6.58 Å². The van der Waals surface area contributed by atoms with Gasteiger partial charge in [-0.2, -0.15) is 0 Å². The van der Waals surface area contributed by atoms with Crippen molar-refractivity contribution in [3.63, 3.8) is 0 Å². The minimum absolute atomic E-state index is 0.188. The molecule has 0 fully saturated rings. The van der Waals surface area contributed by atoms with E-state index in [4.69, 9.17) is 5.11 Å². The van der Waals surface area contributed by atoms with Crippen molar-refractivity contribution in [2.24, 2.45) is 0 Å². The highest BCUT2D eigenvalue weighted by molar-refractivity contribution is 6.04. The molecular formula is C13H13F2NO3. The number of benzene rings is 1. The van der Waals surface area contributed by atoms with Crippen molar-refractivity contribution >= 4 is 11.9 Å². The van der Waals surface area contributed by atoms with Crippen LogP contribution in [0.4, 0.5) is 8.78 Å². The minimum Gasteiger partial charge on any atom is -0.478 e. The molecule has 1 N–H and O–H groups in total. The maximum absolute atomic E-state index is 13.2. The van der Waals surface area contributed by atoms with Crippen LogP contribution in [0.25, 0.3) is 0 Å². The average Bonchev–Trinajstić information content (AvgIpc) is 2.37. The first kappa shape index (κ1) is 14.8. The molecule has 0 aliphatic heterocycles. The van der Waals surface area contributed by atoms with Crippen LogP contribution >= 0.6 is 0 Å². The Balaban J connectivity index is 3.31. The molecule has 0 bridgehead atoms. The highest BCUT2D eigenvalue weighted by Gasteiger charge is 2.23. The van der Waals surface area contributed by atoms with Gasteiger partial charge in [0.1, 0.15) is 0 Å². The summed E-state index contributed by atoms with van der Waals surface area (Å²) in [6, 6.07) is 1.11. The lowest BCUT2D eigenvalue weighted by Crippen LogP contribution is -2.32. The molecule has 6 heteroatoms. The molecule has 1 aromatic rings. The largest absolute Gasteiger partial charge is 0.478 e. The van der Waals surface area contributed by atoms with E-state index < -0.39 is 29.1 Å². The first-order valence-corrected chi connectivity index (χ1v) is 5.54. The van der Waals surface area contributed by atoms with Crippen molar-refractivity contribution in [1.82, 2.24) is 4.90 Å². The number of hydrogen-bond donors (Lipinski definition) is 1. The SMILES string of the molecule is C=CCN(CC)C(=O)c1cc(F)c(F)cc1C(=O)O. The molecular weight excluding hydrogens is 256 g/mol. The van der Waals surface area contributed by atoms with Gasteiger partial charge in [-0.15, -0.1) is 6.58 Å². The highest BCUT2D eigenvalue weighted by atomic mass is 19.2. The number of halogens is 2. The van der Waals surface area contributed by atoms with Gasteiger partial charge in [0.15, 0.2) is 11.6 Å². The molecule has 0 aliphatic rings. The summed E-state index contributed by atoms with van der Waals surface area (Å²) in [6.07, 6.45) is 1.46. The van der Waals surface area contributed by atoms with Gasteiger partial charge < -0.3 is 10.0 Å². The van der Waals surface area contributed by atoms with E-state index >= 15 is 0 Å². The van der Waals surface area contributed by atoms with Crippen molar-refractivity contribution in [1.29, 1.82) is 0 Å². The minimum atomic E-state index is -1.49. The molecule has 0 radical (unpaired) electrons. The smallest absolute Gasteiger partial charge is 0.336 e. The predicted molar refractivity (Wildman–Crippen MR) is 65.1 cm³/mol. The number of amides is 1. The molecule has 0 heterocycles. The fraction of sp³-hybridized carbons (Fsp3) is 0.231. The Morgan fingerprint density at radius 1 is 1.32 bits per heavy atom. The molecule has 0 spiro atoms. The molecule has 1 amide bonds. The van der Waals surface area contributed by atoms with Crippen molar-refractivity contribution in [3.8, 4) is 0 Å². The average molecular weight is 269 g/mol. The van der Waals surface area contributed by atoms with Gasteiger partial charge in [0.2, 0.25) is 0 Å². The second-order valence-electron chi connectivity index (χ2n) is 3.75. The molecule has 0 unspecified atom stereocenters. The third kappa shape index (κ3) is 3.15. The first-order valence-electron chi connectivity index (χ1n) is 5.54. The molecule has 1 aromatic carbocycles. The van der Waals surface area contributed by atoms with E-state index in [1.807, 2.05) is 0 Å². The summed E-state index contributed by atoms with van der Waals surface area (Å²) in [5, 5.41) is 8.93. The summed E-state index contributed by atoms with van der Waals surface area (Å²) < 4.78 is 26.2. The second kappa shape index (κ2) is 6.08. The number of nitrogens with zero attached hydrogens (tertiary/aromatic N) is 1. The van der Waals surface area contributed by atoms with Crippen LogP contribution in [0, 0.1) is 11.6 Å². The summed E-state index contributed by atoms with van der Waals surface area (Å²) in [7, 11) is 0. The lowest BCUT2D eigenvalue weighted by Gasteiger charge is -2.20. The van der Waals surface area contributed by atoms with Crippen LogP contribution in [-0.4, -0.2) is 35.0 Å². The van der Waals surface area contributed by atoms with Gasteiger partial charge in [0.25, 0.3) is 5.91 Å². The third-order valence-corrected chi connectivity index (χ3v) is 2.54. The monoisotopic (exact) mass is 269 g/mol. The Bertz CT molecular complexity index is 529. The van der Waals surface area contributed by atoms with Crippen LogP contribution in [0.15, 0.2) is 24.8 Å². The fourth-order valence-electron chi connectivity index (χ4n) is 1.58. The van der Waals surface area contributed by atoms with Gasteiger partial charge in [0.05, 0.1) is 11.1 Å². The number of hydrogen-bond acceptors (Lipinski definition) is 2. The zero-order valence-corrected chi connectivity index (χ0v) is 10.3. The van der Waals surface area contributed by atoms with Crippen LogP contribution in [0.1, 0.15) is 27.6 Å². The van der Waals surface area contributed by atoms with E-state index in [0.717, 1.165) is 0 Å². The highest BCUT2D eigenvalue weighted by Crippen LogP contribution is 2.17. The Morgan fingerprint density at radius 2 is 1.84 bits per heavy atom. The summed E-state index contributed by atoms with van der Waals surface area (Å²) in [5.41, 5.74) is -0.943. The number of likely N-dealkylation sites (N-methyl/N-ethyl adjacent to an activating group) is 1. The van der Waals surface area contributed by atoms with Crippen molar-refractivity contribution in [2.75, 3.05) is 13.1 Å². The molecule has 0 atom stereocenters. The number of carbonyl (C=O) groups excluding carboxylic acids is 1. The summed E-state index contributed by atoms with van der Waals surface area (Å²) in [5.74, 6) is -4.74. The van der Waals surface area contributed by atoms with Crippen LogP contribution in [0.2, 0.25) is 0 Å². The zero-order chi connectivity index (χ0) is 14.6. The number of carboxylic acid groups (broad SMARTS) is 1. The number of rotatable bonds is 5. The number of carbonyl (C=O) groups is 2. The molecule has 0 saturated carbocycles. The molecule has 0 aliphatic carbocycles. The Labute approximate surface area is 109 Å². The number of carboxylic acids is 1. The molecule has 19 heavy (non-hydrogen) atoms. The summed E-state index contributed by atoms with van der Waals surface area (Å²) >= 11 is 0. The maximum atomic E-state index is 13.2. The Kier molecular flexibility index (Phi) is 4.74. The van der Waals surface area contributed by atoms with Crippen LogP contribution in [-0.2, 0) is 0 Å². The van der Waals surface area contributed by atoms with E-state index in [1.54, 1.807) is 6.92 Å². The quantitative estimate of drug-likeness (QED) is 0.834. The van der Waals surface area contributed by atoms with Crippen LogP contribution < -0.4 is 0 Å². The summed E-state index contributed by atoms with van der Waals surface area (Å²) in [4.78, 5) is 24.3. The molecule has 1 rings (SSSR count). The molecule has 0 aromatic heterocycles. The van der Waals surface area contributed by atoms with Gasteiger partial charge in [-0.05, 0) is 19.1 Å². The second-order valence-corrected chi connectivity index (χ2v) is 3.75. The Morgan fingerprint density at radius 3 is 2.26 bits per heavy atom. The van der Waals surface area contributed by atoms with Crippen molar-refractivity contribution < 1.29 is 23.5 Å². The van der Waals surface area contributed by atoms with E-state index in [-0.39, 0.29) is 12.1 Å². The van der Waals surface area contributed by atoms with Crippen LogP contribution in [0.5, 0.6) is 0 Å². The van der Waals surface area contributed by atoms with Gasteiger partial charge in [0, 0.05) is 13.1 Å². The van der Waals surface area contributed by atoms with E-state index in [9.17, 15) is 18.4 Å². The van der Waals surface area contributed by atoms with Crippen molar-refractivity contribution in [3.05, 3.63) is 47.5 Å². The van der Waals surface area contributed by atoms with Crippen LogP contribution in [0.3, 0.4) is 0 Å². The van der Waals surface area contributed by atoms with E-state index in [1.165, 1.54) is 11.0 Å². The number of aromatic carboxylic acids is 1. The fourth-order valence-corrected chi connectivity index (χ4v) is 1.58. The van der Waals surface area contributed by atoms with Gasteiger partial charge >= 0.3 is 5.97 Å². The third-order valence-electron chi connectivity index (χ3n) is 2.54. The van der Waals surface area contributed by atoms with Gasteiger partial charge in [-0.3, -0.25) is 4.79 Å². The van der Waals surface area contributed by atoms with Crippen molar-refractivity contribution in [2.45, 2.75) is 6.92 Å². The molecule has 0 saturated heterocycles.